The van der Waals surface area contributed by atoms with E-state index in [0.29, 0.717) is 22.8 Å². The van der Waals surface area contributed by atoms with Gasteiger partial charge in [-0.2, -0.15) is 5.26 Å². The molecule has 36 heavy (non-hydrogen) atoms. The molecule has 0 fully saturated rings. The molecule has 1 aliphatic heterocycles. The summed E-state index contributed by atoms with van der Waals surface area (Å²) >= 11 is 0. The van der Waals surface area contributed by atoms with Gasteiger partial charge in [0.05, 0.1) is 13.0 Å². The van der Waals surface area contributed by atoms with Crippen LogP contribution in [0.1, 0.15) is 43.4 Å². The fraction of sp³-hybridized carbons (Fsp3) is 0.241. The van der Waals surface area contributed by atoms with Gasteiger partial charge < -0.3 is 24.7 Å². The Bertz CT molecular complexity index is 1330. The van der Waals surface area contributed by atoms with Gasteiger partial charge in [-0.1, -0.05) is 51.1 Å². The molecule has 7 nitrogen and oxygen atoms in total. The minimum Gasteiger partial charge on any atom is -0.497 e. The van der Waals surface area contributed by atoms with Crippen molar-refractivity contribution in [1.82, 2.24) is 0 Å². The topological polar surface area (TPSA) is 104 Å². The number of hydrogen-bond donors (Lipinski definition) is 1. The maximum Gasteiger partial charge on any atom is 0.349 e. The Morgan fingerprint density at radius 3 is 2.25 bits per heavy atom. The number of hydrogen-bond acceptors (Lipinski definition) is 7. The number of rotatable bonds is 6. The number of esters is 1. The Labute approximate surface area is 210 Å². The van der Waals surface area contributed by atoms with Crippen molar-refractivity contribution >= 4 is 5.97 Å². The molecule has 1 atom stereocenters. The maximum absolute atomic E-state index is 12.4. The molecule has 0 aromatic heterocycles. The minimum atomic E-state index is -0.557. The van der Waals surface area contributed by atoms with E-state index in [9.17, 15) is 10.1 Å². The van der Waals surface area contributed by atoms with E-state index in [1.807, 2.05) is 48.5 Å². The average molecular weight is 485 g/mol. The van der Waals surface area contributed by atoms with Crippen LogP contribution in [0.4, 0.5) is 0 Å². The number of carbonyl (C=O) groups is 1. The van der Waals surface area contributed by atoms with E-state index >= 15 is 0 Å². The monoisotopic (exact) mass is 484 g/mol. The molecule has 3 aromatic rings. The smallest absolute Gasteiger partial charge is 0.349 e. The molecule has 0 radical (unpaired) electrons. The predicted molar refractivity (Wildman–Crippen MR) is 135 cm³/mol. The molecule has 1 aliphatic rings. The normalized spacial score (nSPS) is 14.8. The van der Waals surface area contributed by atoms with E-state index in [0.717, 1.165) is 11.1 Å². The first-order valence-corrected chi connectivity index (χ1v) is 11.5. The molecular weight excluding hydrogens is 456 g/mol. The zero-order valence-electron chi connectivity index (χ0n) is 20.7. The van der Waals surface area contributed by atoms with Crippen LogP contribution in [0.25, 0.3) is 0 Å². The number of carbonyl (C=O) groups excluding carboxylic acids is 1. The van der Waals surface area contributed by atoms with Gasteiger partial charge >= 0.3 is 5.97 Å². The fourth-order valence-corrected chi connectivity index (χ4v) is 3.99. The lowest BCUT2D eigenvalue weighted by Gasteiger charge is -2.26. The third-order valence-electron chi connectivity index (χ3n) is 5.95. The van der Waals surface area contributed by atoms with Crippen molar-refractivity contribution < 1.29 is 23.7 Å². The van der Waals surface area contributed by atoms with Crippen molar-refractivity contribution in [2.45, 2.75) is 32.1 Å². The predicted octanol–water partition coefficient (Wildman–Crippen LogP) is 5.20. The highest BCUT2D eigenvalue weighted by Crippen LogP contribution is 2.43. The summed E-state index contributed by atoms with van der Waals surface area (Å²) in [5, 5.41) is 9.73. The van der Waals surface area contributed by atoms with Gasteiger partial charge in [0.1, 0.15) is 34.6 Å². The second-order valence-corrected chi connectivity index (χ2v) is 9.43. The highest BCUT2D eigenvalue weighted by Gasteiger charge is 2.31. The van der Waals surface area contributed by atoms with Crippen LogP contribution >= 0.6 is 0 Å². The molecule has 0 spiro atoms. The molecule has 3 aromatic carbocycles. The van der Waals surface area contributed by atoms with E-state index < -0.39 is 11.9 Å². The molecule has 1 heterocycles. The lowest BCUT2D eigenvalue weighted by molar-refractivity contribution is -0.136. The number of nitrogens with zero attached hydrogens (tertiary/aromatic N) is 1. The third-order valence-corrected chi connectivity index (χ3v) is 5.95. The third kappa shape index (κ3) is 5.28. The molecule has 0 saturated carbocycles. The summed E-state index contributed by atoms with van der Waals surface area (Å²) in [7, 11) is 1.59. The summed E-state index contributed by atoms with van der Waals surface area (Å²) in [6.45, 7) is 6.15. The maximum atomic E-state index is 12.4. The lowest BCUT2D eigenvalue weighted by Crippen LogP contribution is -2.21. The second-order valence-electron chi connectivity index (χ2n) is 9.43. The van der Waals surface area contributed by atoms with Gasteiger partial charge in [-0.05, 0) is 46.9 Å². The average Bonchev–Trinajstić information content (AvgIpc) is 2.86. The summed E-state index contributed by atoms with van der Waals surface area (Å²) < 4.78 is 22.0. The number of benzene rings is 3. The molecular formula is C29H28N2O5. The van der Waals surface area contributed by atoms with Crippen LogP contribution in [0.2, 0.25) is 0 Å². The first-order chi connectivity index (χ1) is 17.2. The Morgan fingerprint density at radius 2 is 1.64 bits per heavy atom. The highest BCUT2D eigenvalue weighted by molar-refractivity contribution is 5.74. The largest absolute Gasteiger partial charge is 0.497 e. The number of nitriles is 1. The summed E-state index contributed by atoms with van der Waals surface area (Å²) in [4.78, 5) is 12.4. The zero-order chi connectivity index (χ0) is 25.9. The standard InChI is InChI=1S/C29H28N2O5/c1-29(2,3)19-7-11-21(12-8-19)34-17-26(32)35-22-13-14-23-25(15-22)36-28(31)24(16-30)27(23)18-5-9-20(33-4)10-6-18/h5-15,27H,17,31H2,1-4H3. The fourth-order valence-electron chi connectivity index (χ4n) is 3.99. The van der Waals surface area contributed by atoms with Gasteiger partial charge in [-0.15, -0.1) is 0 Å². The van der Waals surface area contributed by atoms with E-state index in [2.05, 4.69) is 26.8 Å². The van der Waals surface area contributed by atoms with E-state index in [1.54, 1.807) is 25.3 Å². The van der Waals surface area contributed by atoms with Crippen LogP contribution in [-0.4, -0.2) is 19.7 Å². The van der Waals surface area contributed by atoms with Crippen molar-refractivity contribution in [3.05, 3.63) is 94.9 Å². The molecule has 0 bridgehead atoms. The first kappa shape index (κ1) is 24.7. The van der Waals surface area contributed by atoms with Crippen molar-refractivity contribution in [2.24, 2.45) is 5.73 Å². The van der Waals surface area contributed by atoms with Crippen LogP contribution in [-0.2, 0) is 10.2 Å². The Morgan fingerprint density at radius 1 is 1.00 bits per heavy atom. The molecule has 1 unspecified atom stereocenters. The molecule has 2 N–H and O–H groups in total. The summed E-state index contributed by atoms with van der Waals surface area (Å²) in [6, 6.07) is 22.2. The van der Waals surface area contributed by atoms with Crippen molar-refractivity contribution in [3.63, 3.8) is 0 Å². The number of allylic oxidation sites excluding steroid dienone is 1. The van der Waals surface area contributed by atoms with Crippen molar-refractivity contribution in [3.8, 4) is 29.1 Å². The second kappa shape index (κ2) is 10.0. The summed E-state index contributed by atoms with van der Waals surface area (Å²) in [5.74, 6) is 1.02. The molecule has 0 saturated heterocycles. The molecule has 184 valence electrons. The SMILES string of the molecule is COc1ccc(C2C(C#N)=C(N)Oc3cc(OC(=O)COc4ccc(C(C)(C)C)cc4)ccc32)cc1. The van der Waals surface area contributed by atoms with Crippen LogP contribution < -0.4 is 24.7 Å². The van der Waals surface area contributed by atoms with Crippen molar-refractivity contribution in [2.75, 3.05) is 13.7 Å². The quantitative estimate of drug-likeness (QED) is 0.379. The van der Waals surface area contributed by atoms with Crippen LogP contribution in [0, 0.1) is 11.3 Å². The molecule has 0 amide bonds. The van der Waals surface area contributed by atoms with Gasteiger partial charge in [0.15, 0.2) is 6.61 Å². The van der Waals surface area contributed by atoms with Crippen LogP contribution in [0.15, 0.2) is 78.2 Å². The first-order valence-electron chi connectivity index (χ1n) is 11.5. The van der Waals surface area contributed by atoms with E-state index in [4.69, 9.17) is 24.7 Å². The number of nitrogens with two attached hydrogens (primary N) is 1. The van der Waals surface area contributed by atoms with E-state index in [-0.39, 0.29) is 23.7 Å². The lowest BCUT2D eigenvalue weighted by atomic mass is 9.83. The van der Waals surface area contributed by atoms with Gasteiger partial charge in [0.2, 0.25) is 5.88 Å². The van der Waals surface area contributed by atoms with Gasteiger partial charge in [0.25, 0.3) is 0 Å². The number of fused-ring (bicyclic) bond motifs is 1. The molecule has 0 aliphatic carbocycles. The summed E-state index contributed by atoms with van der Waals surface area (Å²) in [5.41, 5.74) is 9.18. The van der Waals surface area contributed by atoms with Gasteiger partial charge in [0, 0.05) is 11.6 Å². The Kier molecular flexibility index (Phi) is 6.89. The van der Waals surface area contributed by atoms with Gasteiger partial charge in [-0.3, -0.25) is 0 Å². The van der Waals surface area contributed by atoms with E-state index in [1.165, 1.54) is 5.56 Å². The molecule has 4 rings (SSSR count). The molecule has 7 heteroatoms. The highest BCUT2D eigenvalue weighted by atomic mass is 16.6. The van der Waals surface area contributed by atoms with Crippen molar-refractivity contribution in [1.29, 1.82) is 5.26 Å². The Hall–Kier alpha value is -4.44. The minimum absolute atomic E-state index is 0.0105. The zero-order valence-corrected chi connectivity index (χ0v) is 20.7. The number of ether oxygens (including phenoxy) is 4. The van der Waals surface area contributed by atoms with Gasteiger partial charge in [-0.25, -0.2) is 4.79 Å². The Balaban J connectivity index is 1.48. The van der Waals surface area contributed by atoms with Crippen LogP contribution in [0.3, 0.4) is 0 Å². The van der Waals surface area contributed by atoms with Crippen LogP contribution in [0.5, 0.6) is 23.0 Å². The number of methoxy groups -OCH3 is 1. The summed E-state index contributed by atoms with van der Waals surface area (Å²) in [6.07, 6.45) is 0.